The number of benzene rings is 1. The van der Waals surface area contributed by atoms with Gasteiger partial charge in [0.15, 0.2) is 0 Å². The van der Waals surface area contributed by atoms with Gasteiger partial charge in [-0.15, -0.1) is 0 Å². The first-order valence-corrected chi connectivity index (χ1v) is 5.92. The SMILES string of the molecule is CCCCc1cc(-c2ccc(F)cc2)c[c]n1. The van der Waals surface area contributed by atoms with Crippen LogP contribution in [-0.4, -0.2) is 4.98 Å². The second kappa shape index (κ2) is 5.58. The van der Waals surface area contributed by atoms with Crippen LogP contribution in [0.1, 0.15) is 25.5 Å². The van der Waals surface area contributed by atoms with Crippen LogP contribution in [-0.2, 0) is 6.42 Å². The fourth-order valence-electron chi connectivity index (χ4n) is 1.73. The molecule has 0 saturated heterocycles. The van der Waals surface area contributed by atoms with Crippen molar-refractivity contribution < 1.29 is 4.39 Å². The van der Waals surface area contributed by atoms with Gasteiger partial charge in [0.25, 0.3) is 0 Å². The maximum Gasteiger partial charge on any atom is 0.123 e. The summed E-state index contributed by atoms with van der Waals surface area (Å²) in [6.07, 6.45) is 6.17. The average Bonchev–Trinajstić information content (AvgIpc) is 2.37. The molecule has 1 aromatic heterocycles. The maximum atomic E-state index is 12.8. The normalized spacial score (nSPS) is 10.5. The van der Waals surface area contributed by atoms with Gasteiger partial charge in [-0.25, -0.2) is 4.39 Å². The van der Waals surface area contributed by atoms with Gasteiger partial charge in [0, 0.05) is 5.69 Å². The van der Waals surface area contributed by atoms with Crippen LogP contribution in [0.2, 0.25) is 0 Å². The summed E-state index contributed by atoms with van der Waals surface area (Å²) in [5.41, 5.74) is 3.10. The van der Waals surface area contributed by atoms with Gasteiger partial charge < -0.3 is 0 Å². The minimum atomic E-state index is -0.210. The zero-order valence-electron chi connectivity index (χ0n) is 9.91. The van der Waals surface area contributed by atoms with Crippen molar-refractivity contribution in [1.82, 2.24) is 4.98 Å². The smallest absolute Gasteiger partial charge is 0.123 e. The van der Waals surface area contributed by atoms with Gasteiger partial charge in [-0.3, -0.25) is 4.98 Å². The van der Waals surface area contributed by atoms with Crippen molar-refractivity contribution in [3.05, 3.63) is 54.1 Å². The number of unbranched alkanes of at least 4 members (excludes halogenated alkanes) is 1. The van der Waals surface area contributed by atoms with Crippen molar-refractivity contribution in [3.63, 3.8) is 0 Å². The number of hydrogen-bond donors (Lipinski definition) is 0. The second-order valence-electron chi connectivity index (χ2n) is 4.09. The van der Waals surface area contributed by atoms with E-state index in [0.29, 0.717) is 0 Å². The summed E-state index contributed by atoms with van der Waals surface area (Å²) in [6.45, 7) is 2.16. The quantitative estimate of drug-likeness (QED) is 0.769. The van der Waals surface area contributed by atoms with Crippen LogP contribution in [0.4, 0.5) is 4.39 Å². The molecule has 0 aliphatic carbocycles. The lowest BCUT2D eigenvalue weighted by molar-refractivity contribution is 0.628. The summed E-state index contributed by atoms with van der Waals surface area (Å²) in [4.78, 5) is 4.22. The number of hydrogen-bond acceptors (Lipinski definition) is 1. The highest BCUT2D eigenvalue weighted by atomic mass is 19.1. The maximum absolute atomic E-state index is 12.8. The van der Waals surface area contributed by atoms with Gasteiger partial charge >= 0.3 is 0 Å². The Bertz CT molecular complexity index is 477. The molecule has 0 atom stereocenters. The Hall–Kier alpha value is -1.70. The molecule has 1 radical (unpaired) electrons. The molecule has 0 unspecified atom stereocenters. The molecule has 0 fully saturated rings. The Kier molecular flexibility index (Phi) is 3.86. The molecule has 0 aliphatic rings. The Labute approximate surface area is 101 Å². The molecule has 2 rings (SSSR count). The highest BCUT2D eigenvalue weighted by Gasteiger charge is 2.01. The molecule has 17 heavy (non-hydrogen) atoms. The third-order valence-corrected chi connectivity index (χ3v) is 2.71. The Morgan fingerprint density at radius 1 is 1.18 bits per heavy atom. The van der Waals surface area contributed by atoms with Crippen LogP contribution in [0.5, 0.6) is 0 Å². The summed E-state index contributed by atoms with van der Waals surface area (Å²) in [6, 6.07) is 10.4. The van der Waals surface area contributed by atoms with Crippen molar-refractivity contribution in [2.24, 2.45) is 0 Å². The number of rotatable bonds is 4. The molecule has 1 heterocycles. The van der Waals surface area contributed by atoms with Gasteiger partial charge in [-0.1, -0.05) is 25.5 Å². The molecule has 1 nitrogen and oxygen atoms in total. The van der Waals surface area contributed by atoms with E-state index in [0.717, 1.165) is 36.1 Å². The molecular formula is C15H15FN. The minimum absolute atomic E-state index is 0.210. The third kappa shape index (κ3) is 3.13. The lowest BCUT2D eigenvalue weighted by atomic mass is 10.0. The van der Waals surface area contributed by atoms with E-state index in [9.17, 15) is 4.39 Å². The summed E-state index contributed by atoms with van der Waals surface area (Å²) < 4.78 is 12.8. The largest absolute Gasteiger partial charge is 0.251 e. The minimum Gasteiger partial charge on any atom is -0.251 e. The number of pyridine rings is 1. The van der Waals surface area contributed by atoms with Gasteiger partial charge in [0.1, 0.15) is 5.82 Å². The highest BCUT2D eigenvalue weighted by Crippen LogP contribution is 2.20. The summed E-state index contributed by atoms with van der Waals surface area (Å²) in [7, 11) is 0. The number of aromatic nitrogens is 1. The second-order valence-corrected chi connectivity index (χ2v) is 4.09. The summed E-state index contributed by atoms with van der Waals surface area (Å²) in [5.74, 6) is -0.210. The molecule has 0 saturated carbocycles. The van der Waals surface area contributed by atoms with Crippen LogP contribution in [0, 0.1) is 12.0 Å². The first-order valence-electron chi connectivity index (χ1n) is 5.92. The molecular weight excluding hydrogens is 213 g/mol. The fourth-order valence-corrected chi connectivity index (χ4v) is 1.73. The van der Waals surface area contributed by atoms with E-state index in [1.165, 1.54) is 12.1 Å². The van der Waals surface area contributed by atoms with Crippen molar-refractivity contribution >= 4 is 0 Å². The Morgan fingerprint density at radius 2 is 1.94 bits per heavy atom. The van der Waals surface area contributed by atoms with Crippen LogP contribution >= 0.6 is 0 Å². The van der Waals surface area contributed by atoms with Crippen LogP contribution in [0.25, 0.3) is 11.1 Å². The van der Waals surface area contributed by atoms with E-state index in [1.54, 1.807) is 12.1 Å². The molecule has 0 N–H and O–H groups in total. The van der Waals surface area contributed by atoms with Crippen molar-refractivity contribution in [3.8, 4) is 11.1 Å². The van der Waals surface area contributed by atoms with E-state index in [-0.39, 0.29) is 5.82 Å². The zero-order valence-corrected chi connectivity index (χ0v) is 9.91. The van der Waals surface area contributed by atoms with Crippen molar-refractivity contribution in [2.75, 3.05) is 0 Å². The molecule has 0 amide bonds. The van der Waals surface area contributed by atoms with Crippen LogP contribution in [0.15, 0.2) is 36.4 Å². The Balaban J connectivity index is 2.23. The fraction of sp³-hybridized carbons (Fsp3) is 0.267. The Morgan fingerprint density at radius 3 is 2.65 bits per heavy atom. The summed E-state index contributed by atoms with van der Waals surface area (Å²) in [5, 5.41) is 0. The van der Waals surface area contributed by atoms with Crippen LogP contribution < -0.4 is 0 Å². The van der Waals surface area contributed by atoms with Gasteiger partial charge in [-0.05, 0) is 48.2 Å². The first kappa shape index (κ1) is 11.8. The van der Waals surface area contributed by atoms with E-state index >= 15 is 0 Å². The number of aryl methyl sites for hydroxylation is 1. The van der Waals surface area contributed by atoms with Crippen molar-refractivity contribution in [2.45, 2.75) is 26.2 Å². The van der Waals surface area contributed by atoms with Crippen LogP contribution in [0.3, 0.4) is 0 Å². The monoisotopic (exact) mass is 228 g/mol. The molecule has 0 bridgehead atoms. The van der Waals surface area contributed by atoms with Gasteiger partial charge in [0.05, 0.1) is 6.20 Å². The zero-order chi connectivity index (χ0) is 12.1. The standard InChI is InChI=1S/C15H15FN/c1-2-3-4-15-11-13(9-10-17-15)12-5-7-14(16)8-6-12/h5-9,11H,2-4H2,1H3. The van der Waals surface area contributed by atoms with Gasteiger partial charge in [0.2, 0.25) is 0 Å². The molecule has 87 valence electrons. The lowest BCUT2D eigenvalue weighted by Crippen LogP contribution is -1.90. The molecule has 2 aromatic rings. The van der Waals surface area contributed by atoms with Gasteiger partial charge in [-0.2, -0.15) is 0 Å². The molecule has 0 aliphatic heterocycles. The van der Waals surface area contributed by atoms with E-state index in [4.69, 9.17) is 0 Å². The highest BCUT2D eigenvalue weighted by molar-refractivity contribution is 5.63. The predicted molar refractivity (Wildman–Crippen MR) is 67.1 cm³/mol. The topological polar surface area (TPSA) is 12.9 Å². The lowest BCUT2D eigenvalue weighted by Gasteiger charge is -2.04. The predicted octanol–water partition coefficient (Wildman–Crippen LogP) is 4.03. The van der Waals surface area contributed by atoms with E-state index < -0.39 is 0 Å². The molecule has 1 aromatic carbocycles. The third-order valence-electron chi connectivity index (χ3n) is 2.71. The number of nitrogens with zero attached hydrogens (tertiary/aromatic N) is 1. The molecule has 0 spiro atoms. The first-order chi connectivity index (χ1) is 8.29. The average molecular weight is 228 g/mol. The van der Waals surface area contributed by atoms with E-state index in [1.807, 2.05) is 6.07 Å². The number of halogens is 1. The molecule has 2 heteroatoms. The van der Waals surface area contributed by atoms with E-state index in [2.05, 4.69) is 24.2 Å². The summed E-state index contributed by atoms with van der Waals surface area (Å²) >= 11 is 0. The van der Waals surface area contributed by atoms with Crippen molar-refractivity contribution in [1.29, 1.82) is 0 Å².